The second-order valence-corrected chi connectivity index (χ2v) is 7.57. The normalized spacial score (nSPS) is 11.1. The van der Waals surface area contributed by atoms with E-state index in [-0.39, 0.29) is 0 Å². The minimum Gasteiger partial charge on any atom is -0.490 e. The fourth-order valence-electron chi connectivity index (χ4n) is 2.68. The van der Waals surface area contributed by atoms with Gasteiger partial charge >= 0.3 is 0 Å². The summed E-state index contributed by atoms with van der Waals surface area (Å²) in [6.07, 6.45) is 1.73. The lowest BCUT2D eigenvalue weighted by atomic mass is 10.2. The molecule has 29 heavy (non-hydrogen) atoms. The summed E-state index contributed by atoms with van der Waals surface area (Å²) in [6.45, 7) is 4.68. The van der Waals surface area contributed by atoms with E-state index in [1.807, 2.05) is 62.4 Å². The van der Waals surface area contributed by atoms with Crippen molar-refractivity contribution in [1.82, 2.24) is 0 Å². The SMILES string of the molecule is CCOc1cc(C=Nc2cccc(Cl)c2C)cc(Cl)c1OCc1ccc(Cl)cc1. The van der Waals surface area contributed by atoms with E-state index in [1.54, 1.807) is 12.3 Å². The lowest BCUT2D eigenvalue weighted by Gasteiger charge is -2.14. The van der Waals surface area contributed by atoms with Gasteiger partial charge in [0.1, 0.15) is 6.61 Å². The lowest BCUT2D eigenvalue weighted by molar-refractivity contribution is 0.269. The summed E-state index contributed by atoms with van der Waals surface area (Å²) in [6, 6.07) is 16.7. The van der Waals surface area contributed by atoms with E-state index in [1.165, 1.54) is 0 Å². The van der Waals surface area contributed by atoms with Crippen LogP contribution in [0.1, 0.15) is 23.6 Å². The Labute approximate surface area is 185 Å². The summed E-state index contributed by atoms with van der Waals surface area (Å²) in [5, 5.41) is 1.81. The molecule has 0 saturated heterocycles. The molecule has 3 aromatic carbocycles. The first-order valence-electron chi connectivity index (χ1n) is 9.10. The molecule has 3 aromatic rings. The van der Waals surface area contributed by atoms with Gasteiger partial charge < -0.3 is 9.47 Å². The minimum atomic E-state index is 0.353. The van der Waals surface area contributed by atoms with E-state index in [2.05, 4.69) is 4.99 Å². The fraction of sp³-hybridized carbons (Fsp3) is 0.174. The fourth-order valence-corrected chi connectivity index (χ4v) is 3.25. The Morgan fingerprint density at radius 3 is 2.41 bits per heavy atom. The highest BCUT2D eigenvalue weighted by Gasteiger charge is 2.13. The first kappa shape index (κ1) is 21.5. The Morgan fingerprint density at radius 1 is 0.931 bits per heavy atom. The predicted molar refractivity (Wildman–Crippen MR) is 122 cm³/mol. The van der Waals surface area contributed by atoms with E-state index in [9.17, 15) is 0 Å². The van der Waals surface area contributed by atoms with E-state index in [0.29, 0.717) is 39.8 Å². The van der Waals surface area contributed by atoms with Crippen molar-refractivity contribution in [1.29, 1.82) is 0 Å². The van der Waals surface area contributed by atoms with E-state index in [4.69, 9.17) is 44.3 Å². The average molecular weight is 449 g/mol. The molecule has 0 radical (unpaired) electrons. The van der Waals surface area contributed by atoms with Crippen molar-refractivity contribution in [2.45, 2.75) is 20.5 Å². The molecule has 3 rings (SSSR count). The zero-order chi connectivity index (χ0) is 20.8. The summed E-state index contributed by atoms with van der Waals surface area (Å²) >= 11 is 18.6. The van der Waals surface area contributed by atoms with Crippen LogP contribution in [0.25, 0.3) is 0 Å². The maximum atomic E-state index is 6.49. The minimum absolute atomic E-state index is 0.353. The average Bonchev–Trinajstić information content (AvgIpc) is 2.70. The summed E-state index contributed by atoms with van der Waals surface area (Å²) in [5.74, 6) is 1.07. The van der Waals surface area contributed by atoms with Crippen molar-refractivity contribution < 1.29 is 9.47 Å². The van der Waals surface area contributed by atoms with E-state index in [0.717, 1.165) is 22.4 Å². The smallest absolute Gasteiger partial charge is 0.180 e. The summed E-state index contributed by atoms with van der Waals surface area (Å²) in [4.78, 5) is 4.53. The van der Waals surface area contributed by atoms with Gasteiger partial charge in [-0.05, 0) is 66.9 Å². The molecule has 0 aromatic heterocycles. The van der Waals surface area contributed by atoms with Crippen LogP contribution >= 0.6 is 34.8 Å². The highest BCUT2D eigenvalue weighted by molar-refractivity contribution is 6.32. The quantitative estimate of drug-likeness (QED) is 0.347. The maximum absolute atomic E-state index is 6.49. The van der Waals surface area contributed by atoms with Crippen molar-refractivity contribution in [2.75, 3.05) is 6.61 Å². The number of nitrogens with zero attached hydrogens (tertiary/aromatic N) is 1. The third-order valence-corrected chi connectivity index (χ3v) is 5.16. The molecule has 150 valence electrons. The first-order chi connectivity index (χ1) is 14.0. The molecule has 0 aliphatic heterocycles. The van der Waals surface area contributed by atoms with Gasteiger partial charge in [-0.15, -0.1) is 0 Å². The van der Waals surface area contributed by atoms with Crippen LogP contribution in [0.2, 0.25) is 15.1 Å². The predicted octanol–water partition coefficient (Wildman–Crippen LogP) is 7.68. The molecule has 0 amide bonds. The summed E-state index contributed by atoms with van der Waals surface area (Å²) in [5.41, 5.74) is 3.51. The van der Waals surface area contributed by atoms with Gasteiger partial charge in [0.2, 0.25) is 0 Å². The van der Waals surface area contributed by atoms with Gasteiger partial charge in [0.05, 0.1) is 17.3 Å². The topological polar surface area (TPSA) is 30.8 Å². The van der Waals surface area contributed by atoms with Crippen LogP contribution in [0.5, 0.6) is 11.5 Å². The lowest BCUT2D eigenvalue weighted by Crippen LogP contribution is -2.01. The zero-order valence-electron chi connectivity index (χ0n) is 16.1. The highest BCUT2D eigenvalue weighted by Crippen LogP contribution is 2.37. The Bertz CT molecular complexity index is 1020. The van der Waals surface area contributed by atoms with Gasteiger partial charge in [0.15, 0.2) is 11.5 Å². The summed E-state index contributed by atoms with van der Waals surface area (Å²) in [7, 11) is 0. The largest absolute Gasteiger partial charge is 0.490 e. The van der Waals surface area contributed by atoms with Gasteiger partial charge in [-0.25, -0.2) is 0 Å². The number of rotatable bonds is 7. The molecule has 0 aliphatic rings. The highest BCUT2D eigenvalue weighted by atomic mass is 35.5. The molecule has 0 spiro atoms. The monoisotopic (exact) mass is 447 g/mol. The molecule has 0 unspecified atom stereocenters. The Kier molecular flexibility index (Phi) is 7.43. The van der Waals surface area contributed by atoms with Crippen LogP contribution in [0.4, 0.5) is 5.69 Å². The Hall–Kier alpha value is -2.20. The number of aliphatic imine (C=N–C) groups is 1. The zero-order valence-corrected chi connectivity index (χ0v) is 18.4. The van der Waals surface area contributed by atoms with Crippen LogP contribution < -0.4 is 9.47 Å². The molecule has 0 bridgehead atoms. The number of benzene rings is 3. The third-order valence-electron chi connectivity index (χ3n) is 4.22. The molecule has 0 fully saturated rings. The van der Waals surface area contributed by atoms with Crippen molar-refractivity contribution >= 4 is 46.7 Å². The van der Waals surface area contributed by atoms with E-state index < -0.39 is 0 Å². The second kappa shape index (κ2) is 10.0. The van der Waals surface area contributed by atoms with Gasteiger partial charge in [0.25, 0.3) is 0 Å². The van der Waals surface area contributed by atoms with Crippen LogP contribution in [-0.4, -0.2) is 12.8 Å². The Morgan fingerprint density at radius 2 is 1.69 bits per heavy atom. The van der Waals surface area contributed by atoms with Gasteiger partial charge in [0, 0.05) is 16.3 Å². The van der Waals surface area contributed by atoms with Gasteiger partial charge in [-0.2, -0.15) is 0 Å². The van der Waals surface area contributed by atoms with Crippen LogP contribution in [0, 0.1) is 6.92 Å². The van der Waals surface area contributed by atoms with Gasteiger partial charge in [-0.1, -0.05) is 53.0 Å². The molecular weight excluding hydrogens is 429 g/mol. The molecule has 0 N–H and O–H groups in total. The number of halogens is 3. The molecule has 6 heteroatoms. The van der Waals surface area contributed by atoms with Gasteiger partial charge in [-0.3, -0.25) is 4.99 Å². The van der Waals surface area contributed by atoms with Crippen molar-refractivity contribution in [3.8, 4) is 11.5 Å². The third kappa shape index (κ3) is 5.66. The summed E-state index contributed by atoms with van der Waals surface area (Å²) < 4.78 is 11.7. The van der Waals surface area contributed by atoms with Crippen LogP contribution in [0.15, 0.2) is 59.6 Å². The molecular formula is C23H20Cl3NO2. The first-order valence-corrected chi connectivity index (χ1v) is 10.2. The molecule has 0 saturated carbocycles. The molecule has 0 aliphatic carbocycles. The van der Waals surface area contributed by atoms with Crippen molar-refractivity contribution in [3.05, 3.63) is 86.4 Å². The van der Waals surface area contributed by atoms with Crippen molar-refractivity contribution in [2.24, 2.45) is 4.99 Å². The van der Waals surface area contributed by atoms with Crippen LogP contribution in [0.3, 0.4) is 0 Å². The standard InChI is InChI=1S/C23H20Cl3NO2/c1-3-28-22-12-17(13-27-21-6-4-5-19(25)15(21)2)11-20(26)23(22)29-14-16-7-9-18(24)10-8-16/h4-13H,3,14H2,1-2H3. The number of hydrogen-bond donors (Lipinski definition) is 0. The number of ether oxygens (including phenoxy) is 2. The Balaban J connectivity index is 1.84. The van der Waals surface area contributed by atoms with Crippen molar-refractivity contribution in [3.63, 3.8) is 0 Å². The molecule has 0 heterocycles. The maximum Gasteiger partial charge on any atom is 0.180 e. The number of hydrogen-bond acceptors (Lipinski definition) is 3. The van der Waals surface area contributed by atoms with Crippen LogP contribution in [-0.2, 0) is 6.61 Å². The molecule has 0 atom stereocenters. The molecule has 3 nitrogen and oxygen atoms in total. The van der Waals surface area contributed by atoms with E-state index >= 15 is 0 Å². The second-order valence-electron chi connectivity index (χ2n) is 6.32.